The van der Waals surface area contributed by atoms with Crippen LogP contribution in [0.4, 0.5) is 18.9 Å². The molecule has 2 aromatic carbocycles. The number of likely N-dealkylation sites (N-methyl/N-ethyl adjacent to an activating group) is 1. The summed E-state index contributed by atoms with van der Waals surface area (Å²) in [5.41, 5.74) is -0.896. The molecule has 1 heterocycles. The fourth-order valence-corrected chi connectivity index (χ4v) is 4.34. The van der Waals surface area contributed by atoms with Gasteiger partial charge in [-0.3, -0.25) is 4.72 Å². The first-order valence-corrected chi connectivity index (χ1v) is 10.8. The number of nitrogens with zero attached hydrogens (tertiary/aromatic N) is 1. The first kappa shape index (κ1) is 22.5. The molecule has 1 atom stereocenters. The highest BCUT2D eigenvalue weighted by Crippen LogP contribution is 2.38. The van der Waals surface area contributed by atoms with Crippen LogP contribution in [0.3, 0.4) is 0 Å². The van der Waals surface area contributed by atoms with Crippen LogP contribution in [0, 0.1) is 0 Å². The molecule has 1 aliphatic rings. The maximum absolute atomic E-state index is 13.0. The van der Waals surface area contributed by atoms with Gasteiger partial charge in [-0.15, -0.1) is 0 Å². The molecule has 0 aromatic heterocycles. The summed E-state index contributed by atoms with van der Waals surface area (Å²) in [5.74, 6) is -0.266. The van der Waals surface area contributed by atoms with Crippen molar-refractivity contribution >= 4 is 27.3 Å². The molecule has 0 radical (unpaired) electrons. The molecule has 1 fully saturated rings. The van der Waals surface area contributed by atoms with Crippen molar-refractivity contribution in [3.05, 3.63) is 47.0 Å². The first-order valence-electron chi connectivity index (χ1n) is 8.92. The smallest absolute Gasteiger partial charge is 0.419 e. The third-order valence-electron chi connectivity index (χ3n) is 4.61. The minimum atomic E-state index is -4.67. The van der Waals surface area contributed by atoms with Crippen molar-refractivity contribution in [1.82, 2.24) is 4.90 Å². The SMILES string of the molecule is COc1cc(S(=O)(=O)Nc2ccc(Cl)c(O[C@@H]3CCN(C)C3)c2)ccc1C(F)(F)F. The largest absolute Gasteiger partial charge is 0.496 e. The van der Waals surface area contributed by atoms with E-state index in [9.17, 15) is 21.6 Å². The topological polar surface area (TPSA) is 67.9 Å². The van der Waals surface area contributed by atoms with Crippen LogP contribution in [0.1, 0.15) is 12.0 Å². The Morgan fingerprint density at radius 2 is 1.90 bits per heavy atom. The molecule has 1 N–H and O–H groups in total. The van der Waals surface area contributed by atoms with Crippen LogP contribution in [0.15, 0.2) is 41.3 Å². The lowest BCUT2D eigenvalue weighted by atomic mass is 10.2. The fourth-order valence-electron chi connectivity index (χ4n) is 3.11. The summed E-state index contributed by atoms with van der Waals surface area (Å²) >= 11 is 6.16. The summed E-state index contributed by atoms with van der Waals surface area (Å²) in [6.07, 6.45) is -3.93. The van der Waals surface area contributed by atoms with Gasteiger partial charge >= 0.3 is 6.18 Å². The van der Waals surface area contributed by atoms with Gasteiger partial charge in [0.1, 0.15) is 17.6 Å². The Hall–Kier alpha value is -2.17. The highest BCUT2D eigenvalue weighted by Gasteiger charge is 2.35. The van der Waals surface area contributed by atoms with Gasteiger partial charge in [0.05, 0.1) is 28.3 Å². The van der Waals surface area contributed by atoms with Gasteiger partial charge in [0, 0.05) is 25.2 Å². The van der Waals surface area contributed by atoms with Crippen LogP contribution in [0.5, 0.6) is 11.5 Å². The van der Waals surface area contributed by atoms with Crippen molar-refractivity contribution in [3.8, 4) is 11.5 Å². The maximum atomic E-state index is 13.0. The number of benzene rings is 2. The molecule has 11 heteroatoms. The predicted molar refractivity (Wildman–Crippen MR) is 107 cm³/mol. The molecule has 2 aromatic rings. The third-order valence-corrected chi connectivity index (χ3v) is 6.31. The van der Waals surface area contributed by atoms with E-state index in [4.69, 9.17) is 21.1 Å². The normalized spacial score (nSPS) is 17.7. The quantitative estimate of drug-likeness (QED) is 0.692. The molecule has 0 aliphatic carbocycles. The van der Waals surface area contributed by atoms with Crippen LogP contribution in [0.25, 0.3) is 0 Å². The highest BCUT2D eigenvalue weighted by atomic mass is 35.5. The molecular formula is C19H20ClF3N2O4S. The van der Waals surface area contributed by atoms with Crippen molar-refractivity contribution in [2.24, 2.45) is 0 Å². The zero-order chi connectivity index (χ0) is 22.1. The average molecular weight is 465 g/mol. The van der Waals surface area contributed by atoms with Gasteiger partial charge in [-0.25, -0.2) is 8.42 Å². The summed E-state index contributed by atoms with van der Waals surface area (Å²) in [5, 5.41) is 0.323. The number of ether oxygens (including phenoxy) is 2. The molecule has 1 aliphatic heterocycles. The molecule has 0 unspecified atom stereocenters. The minimum Gasteiger partial charge on any atom is -0.496 e. The lowest BCUT2D eigenvalue weighted by Crippen LogP contribution is -2.21. The number of anilines is 1. The number of nitrogens with one attached hydrogen (secondary N) is 1. The number of hydrogen-bond donors (Lipinski definition) is 1. The number of rotatable bonds is 6. The second-order valence-electron chi connectivity index (χ2n) is 6.90. The number of likely N-dealkylation sites (tertiary alicyclic amines) is 1. The number of sulfonamides is 1. The average Bonchev–Trinajstić information content (AvgIpc) is 3.07. The fraction of sp³-hybridized carbons (Fsp3) is 0.368. The Bertz CT molecular complexity index is 1030. The molecule has 0 bridgehead atoms. The van der Waals surface area contributed by atoms with Gasteiger partial charge in [0.2, 0.25) is 0 Å². The van der Waals surface area contributed by atoms with Crippen molar-refractivity contribution in [1.29, 1.82) is 0 Å². The van der Waals surface area contributed by atoms with E-state index >= 15 is 0 Å². The summed E-state index contributed by atoms with van der Waals surface area (Å²) < 4.78 is 77.3. The Morgan fingerprint density at radius 1 is 1.17 bits per heavy atom. The molecule has 0 saturated carbocycles. The van der Waals surface area contributed by atoms with Crippen LogP contribution in [-0.4, -0.2) is 46.7 Å². The van der Waals surface area contributed by atoms with Gasteiger partial charge in [-0.05, 0) is 37.7 Å². The molecule has 0 spiro atoms. The monoisotopic (exact) mass is 464 g/mol. The maximum Gasteiger partial charge on any atom is 0.419 e. The Kier molecular flexibility index (Phi) is 6.40. The predicted octanol–water partition coefficient (Wildman–Crippen LogP) is 4.25. The standard InChI is InChI=1S/C19H20ClF3N2O4S/c1-25-8-7-13(11-25)29-18-9-12(3-6-16(18)20)24-30(26,27)14-4-5-15(19(21,22)23)17(10-14)28-2/h3-6,9-10,13,24H,7-8,11H2,1-2H3/t13-/m1/s1. The summed E-state index contributed by atoms with van der Waals surface area (Å²) in [4.78, 5) is 1.73. The summed E-state index contributed by atoms with van der Waals surface area (Å²) in [6.45, 7) is 1.60. The van der Waals surface area contributed by atoms with E-state index in [0.717, 1.165) is 38.8 Å². The molecule has 1 saturated heterocycles. The van der Waals surface area contributed by atoms with E-state index in [2.05, 4.69) is 9.62 Å². The van der Waals surface area contributed by atoms with Crippen LogP contribution in [0.2, 0.25) is 5.02 Å². The first-order chi connectivity index (χ1) is 14.0. The van der Waals surface area contributed by atoms with Crippen molar-refractivity contribution in [2.45, 2.75) is 23.6 Å². The molecule has 30 heavy (non-hydrogen) atoms. The lowest BCUT2D eigenvalue weighted by molar-refractivity contribution is -0.138. The van der Waals surface area contributed by atoms with Crippen molar-refractivity contribution in [3.63, 3.8) is 0 Å². The molecule has 3 rings (SSSR count). The zero-order valence-corrected chi connectivity index (χ0v) is 17.7. The van der Waals surface area contributed by atoms with E-state index < -0.39 is 27.5 Å². The van der Waals surface area contributed by atoms with E-state index in [1.807, 2.05) is 7.05 Å². The Labute approximate surface area is 177 Å². The van der Waals surface area contributed by atoms with Gasteiger partial charge in [0.15, 0.2) is 0 Å². The second kappa shape index (κ2) is 8.52. The van der Waals surface area contributed by atoms with Gasteiger partial charge in [-0.2, -0.15) is 13.2 Å². The van der Waals surface area contributed by atoms with Crippen LogP contribution in [-0.2, 0) is 16.2 Å². The number of hydrogen-bond acceptors (Lipinski definition) is 5. The van der Waals surface area contributed by atoms with Crippen LogP contribution < -0.4 is 14.2 Å². The Morgan fingerprint density at radius 3 is 2.50 bits per heavy atom. The Balaban J connectivity index is 1.84. The third kappa shape index (κ3) is 5.11. The number of alkyl halides is 3. The highest BCUT2D eigenvalue weighted by molar-refractivity contribution is 7.92. The lowest BCUT2D eigenvalue weighted by Gasteiger charge is -2.17. The molecule has 6 nitrogen and oxygen atoms in total. The minimum absolute atomic E-state index is 0.0708. The van der Waals surface area contributed by atoms with Crippen LogP contribution >= 0.6 is 11.6 Å². The number of halogens is 4. The molecule has 164 valence electrons. The van der Waals surface area contributed by atoms with Crippen molar-refractivity contribution < 1.29 is 31.1 Å². The van der Waals surface area contributed by atoms with Crippen molar-refractivity contribution in [2.75, 3.05) is 32.0 Å². The second-order valence-corrected chi connectivity index (χ2v) is 8.99. The molecular weight excluding hydrogens is 445 g/mol. The van der Waals surface area contributed by atoms with E-state index in [-0.39, 0.29) is 16.7 Å². The van der Waals surface area contributed by atoms with Gasteiger partial charge < -0.3 is 14.4 Å². The van der Waals surface area contributed by atoms with Gasteiger partial charge in [-0.1, -0.05) is 11.6 Å². The van der Waals surface area contributed by atoms with E-state index in [1.165, 1.54) is 18.2 Å². The summed E-state index contributed by atoms with van der Waals surface area (Å²) in [7, 11) is -1.17. The summed E-state index contributed by atoms with van der Waals surface area (Å²) in [6, 6.07) is 6.73. The van der Waals surface area contributed by atoms with E-state index in [0.29, 0.717) is 16.8 Å². The van der Waals surface area contributed by atoms with E-state index in [1.54, 1.807) is 0 Å². The van der Waals surface area contributed by atoms with Gasteiger partial charge in [0.25, 0.3) is 10.0 Å². The molecule has 0 amide bonds. The number of methoxy groups -OCH3 is 1. The zero-order valence-electron chi connectivity index (χ0n) is 16.2.